The Morgan fingerprint density at radius 1 is 0.270 bits per heavy atom. The van der Waals surface area contributed by atoms with Crippen LogP contribution in [-0.2, 0) is 28.6 Å². The molecule has 0 saturated heterocycles. The van der Waals surface area contributed by atoms with Crippen LogP contribution in [0.4, 0.5) is 0 Å². The number of rotatable bonds is 62. The summed E-state index contributed by atoms with van der Waals surface area (Å²) in [5.74, 6) is -0.854. The van der Waals surface area contributed by atoms with E-state index in [2.05, 4.69) is 45.1 Å². The molecule has 0 aromatic rings. The second kappa shape index (κ2) is 63.4. The summed E-state index contributed by atoms with van der Waals surface area (Å²) in [6.07, 6.45) is 76.9. The first-order chi connectivity index (χ1) is 36.5. The molecule has 0 fully saturated rings. The lowest BCUT2D eigenvalue weighted by atomic mass is 10.0. The van der Waals surface area contributed by atoms with Gasteiger partial charge in [-0.25, -0.2) is 0 Å². The van der Waals surface area contributed by atoms with Gasteiger partial charge in [0.15, 0.2) is 6.10 Å². The molecule has 1 unspecified atom stereocenters. The quantitative estimate of drug-likeness (QED) is 0.0261. The van der Waals surface area contributed by atoms with E-state index >= 15 is 0 Å². The van der Waals surface area contributed by atoms with Gasteiger partial charge >= 0.3 is 17.9 Å². The summed E-state index contributed by atoms with van der Waals surface area (Å²) >= 11 is 0. The Labute approximate surface area is 462 Å². The zero-order chi connectivity index (χ0) is 53.6. The zero-order valence-corrected chi connectivity index (χ0v) is 50.1. The standard InChI is InChI=1S/C68H128O6/c1-4-7-10-13-15-17-19-21-23-25-26-27-28-29-30-31-32-33-34-35-36-37-38-39-40-41-42-43-45-46-48-50-52-55-58-61-67(70)73-64-65(63-72-66(69)60-57-54-12-9-6-3)74-68(71)62-59-56-53-51-49-47-44-24-22-20-18-16-14-11-8-5-2/h19,21,25-26,65H,4-18,20,22-24,27-64H2,1-3H3/b21-19-,26-25-. The van der Waals surface area contributed by atoms with Crippen LogP contribution in [0.3, 0.4) is 0 Å². The molecule has 0 aliphatic carbocycles. The van der Waals surface area contributed by atoms with Crippen molar-refractivity contribution in [2.75, 3.05) is 13.2 Å². The van der Waals surface area contributed by atoms with Crippen LogP contribution in [-0.4, -0.2) is 37.2 Å². The van der Waals surface area contributed by atoms with Gasteiger partial charge < -0.3 is 14.2 Å². The van der Waals surface area contributed by atoms with Gasteiger partial charge in [-0.2, -0.15) is 0 Å². The fourth-order valence-corrected chi connectivity index (χ4v) is 10.2. The molecule has 0 spiro atoms. The van der Waals surface area contributed by atoms with Gasteiger partial charge in [-0.1, -0.05) is 328 Å². The van der Waals surface area contributed by atoms with Crippen LogP contribution in [0.5, 0.6) is 0 Å². The molecule has 0 bridgehead atoms. The van der Waals surface area contributed by atoms with Crippen LogP contribution < -0.4 is 0 Å². The SMILES string of the molecule is CCCCCCC/C=C\C/C=C\CCCCCCCCCCCCCCCCCCCCCCCCCC(=O)OCC(COC(=O)CCCCCCC)OC(=O)CCCCCCCCCCCCCCCCCC. The number of carbonyl (C=O) groups is 3. The number of allylic oxidation sites excluding steroid dienone is 4. The summed E-state index contributed by atoms with van der Waals surface area (Å²) in [6.45, 7) is 6.61. The summed E-state index contributed by atoms with van der Waals surface area (Å²) in [7, 11) is 0. The molecule has 0 heterocycles. The zero-order valence-electron chi connectivity index (χ0n) is 50.1. The van der Waals surface area contributed by atoms with Crippen LogP contribution in [0.25, 0.3) is 0 Å². The Kier molecular flexibility index (Phi) is 61.6. The molecule has 0 rings (SSSR count). The number of hydrogen-bond donors (Lipinski definition) is 0. The highest BCUT2D eigenvalue weighted by atomic mass is 16.6. The third-order valence-electron chi connectivity index (χ3n) is 15.2. The molecule has 0 amide bonds. The van der Waals surface area contributed by atoms with Crippen molar-refractivity contribution in [3.8, 4) is 0 Å². The normalized spacial score (nSPS) is 12.1. The summed E-state index contributed by atoms with van der Waals surface area (Å²) in [6, 6.07) is 0. The van der Waals surface area contributed by atoms with E-state index in [-0.39, 0.29) is 31.1 Å². The average molecular weight is 1040 g/mol. The monoisotopic (exact) mass is 1040 g/mol. The fraction of sp³-hybridized carbons (Fsp3) is 0.897. The van der Waals surface area contributed by atoms with Crippen molar-refractivity contribution < 1.29 is 28.6 Å². The van der Waals surface area contributed by atoms with Crippen molar-refractivity contribution >= 4 is 17.9 Å². The summed E-state index contributed by atoms with van der Waals surface area (Å²) in [5.41, 5.74) is 0. The first-order valence-electron chi connectivity index (χ1n) is 33.3. The van der Waals surface area contributed by atoms with Gasteiger partial charge in [-0.3, -0.25) is 14.4 Å². The Hall–Kier alpha value is -2.11. The topological polar surface area (TPSA) is 78.9 Å². The van der Waals surface area contributed by atoms with Gasteiger partial charge in [0.05, 0.1) is 0 Å². The van der Waals surface area contributed by atoms with E-state index in [0.717, 1.165) is 70.6 Å². The lowest BCUT2D eigenvalue weighted by Gasteiger charge is -2.18. The minimum absolute atomic E-state index is 0.0646. The Morgan fingerprint density at radius 2 is 0.486 bits per heavy atom. The third-order valence-corrected chi connectivity index (χ3v) is 15.2. The molecule has 0 radical (unpaired) electrons. The molecule has 6 heteroatoms. The van der Waals surface area contributed by atoms with E-state index in [1.165, 1.54) is 263 Å². The van der Waals surface area contributed by atoms with Gasteiger partial charge in [-0.15, -0.1) is 0 Å². The smallest absolute Gasteiger partial charge is 0.306 e. The predicted octanol–water partition coefficient (Wildman–Crippen LogP) is 22.6. The average Bonchev–Trinajstić information content (AvgIpc) is 3.40. The summed E-state index contributed by atoms with van der Waals surface area (Å²) in [4.78, 5) is 37.9. The van der Waals surface area contributed by atoms with E-state index in [1.54, 1.807) is 0 Å². The molecule has 436 valence electrons. The van der Waals surface area contributed by atoms with Crippen LogP contribution in [0.1, 0.15) is 374 Å². The van der Waals surface area contributed by atoms with Gasteiger partial charge in [0.2, 0.25) is 0 Å². The van der Waals surface area contributed by atoms with E-state index in [0.29, 0.717) is 19.3 Å². The maximum atomic E-state index is 12.8. The molecule has 0 aliphatic heterocycles. The number of esters is 3. The Morgan fingerprint density at radius 3 is 0.743 bits per heavy atom. The van der Waals surface area contributed by atoms with Gasteiger partial charge in [-0.05, 0) is 51.4 Å². The second-order valence-electron chi connectivity index (χ2n) is 22.7. The maximum absolute atomic E-state index is 12.8. The van der Waals surface area contributed by atoms with Crippen LogP contribution >= 0.6 is 0 Å². The largest absolute Gasteiger partial charge is 0.462 e. The molecule has 0 aromatic carbocycles. The molecule has 74 heavy (non-hydrogen) atoms. The van der Waals surface area contributed by atoms with E-state index in [9.17, 15) is 14.4 Å². The van der Waals surface area contributed by atoms with Gasteiger partial charge in [0.1, 0.15) is 13.2 Å². The predicted molar refractivity (Wildman–Crippen MR) is 321 cm³/mol. The highest BCUT2D eigenvalue weighted by molar-refractivity contribution is 5.71. The van der Waals surface area contributed by atoms with Crippen molar-refractivity contribution in [3.05, 3.63) is 24.3 Å². The van der Waals surface area contributed by atoms with Crippen molar-refractivity contribution in [2.24, 2.45) is 0 Å². The van der Waals surface area contributed by atoms with Crippen molar-refractivity contribution in [1.82, 2.24) is 0 Å². The first kappa shape index (κ1) is 71.9. The lowest BCUT2D eigenvalue weighted by Crippen LogP contribution is -2.30. The minimum atomic E-state index is -0.762. The molecular weight excluding hydrogens is 913 g/mol. The van der Waals surface area contributed by atoms with Crippen LogP contribution in [0, 0.1) is 0 Å². The minimum Gasteiger partial charge on any atom is -0.462 e. The highest BCUT2D eigenvalue weighted by Gasteiger charge is 2.19. The van der Waals surface area contributed by atoms with E-state index in [1.807, 2.05) is 0 Å². The van der Waals surface area contributed by atoms with Crippen molar-refractivity contribution in [1.29, 1.82) is 0 Å². The highest BCUT2D eigenvalue weighted by Crippen LogP contribution is 2.18. The molecule has 0 aromatic heterocycles. The first-order valence-corrected chi connectivity index (χ1v) is 33.3. The second-order valence-corrected chi connectivity index (χ2v) is 22.7. The number of unbranched alkanes of at least 4 members (excludes halogenated alkanes) is 47. The fourth-order valence-electron chi connectivity index (χ4n) is 10.2. The summed E-state index contributed by atoms with van der Waals surface area (Å²) < 4.78 is 16.8. The molecule has 0 aliphatic rings. The third kappa shape index (κ3) is 60.8. The number of ether oxygens (including phenoxy) is 3. The molecule has 6 nitrogen and oxygen atoms in total. The van der Waals surface area contributed by atoms with E-state index < -0.39 is 6.10 Å². The molecule has 1 atom stereocenters. The van der Waals surface area contributed by atoms with Crippen molar-refractivity contribution in [3.63, 3.8) is 0 Å². The number of hydrogen-bond acceptors (Lipinski definition) is 6. The van der Waals surface area contributed by atoms with Crippen molar-refractivity contribution in [2.45, 2.75) is 380 Å². The maximum Gasteiger partial charge on any atom is 0.306 e. The molecule has 0 saturated carbocycles. The van der Waals surface area contributed by atoms with Gasteiger partial charge in [0, 0.05) is 19.3 Å². The number of carbonyl (C=O) groups excluding carboxylic acids is 3. The Bertz CT molecular complexity index is 1190. The van der Waals surface area contributed by atoms with E-state index in [4.69, 9.17) is 14.2 Å². The Balaban J connectivity index is 3.84. The molecule has 0 N–H and O–H groups in total. The van der Waals surface area contributed by atoms with Gasteiger partial charge in [0.25, 0.3) is 0 Å². The van der Waals surface area contributed by atoms with Crippen LogP contribution in [0.2, 0.25) is 0 Å². The van der Waals surface area contributed by atoms with Crippen LogP contribution in [0.15, 0.2) is 24.3 Å². The lowest BCUT2D eigenvalue weighted by molar-refractivity contribution is -0.167. The summed E-state index contributed by atoms with van der Waals surface area (Å²) in [5, 5.41) is 0. The molecular formula is C68H128O6.